The van der Waals surface area contributed by atoms with Gasteiger partial charge >= 0.3 is 0 Å². The third kappa shape index (κ3) is 5.49. The van der Waals surface area contributed by atoms with Gasteiger partial charge in [-0.25, -0.2) is 8.42 Å². The van der Waals surface area contributed by atoms with Crippen LogP contribution in [-0.4, -0.2) is 62.3 Å². The summed E-state index contributed by atoms with van der Waals surface area (Å²) in [5.74, 6) is 0.402. The van der Waals surface area contributed by atoms with Crippen molar-refractivity contribution in [2.24, 2.45) is 0 Å². The molecule has 0 spiro atoms. The summed E-state index contributed by atoms with van der Waals surface area (Å²) in [4.78, 5) is 2.24. The predicted octanol–water partition coefficient (Wildman–Crippen LogP) is 0.406. The molecule has 1 unspecified atom stereocenters. The van der Waals surface area contributed by atoms with Crippen LogP contribution in [-0.2, 0) is 14.6 Å². The summed E-state index contributed by atoms with van der Waals surface area (Å²) in [7, 11) is -2.87. The second-order valence-corrected chi connectivity index (χ2v) is 7.01. The number of thiocarbonyl (C=S) groups is 1. The zero-order valence-electron chi connectivity index (χ0n) is 11.0. The van der Waals surface area contributed by atoms with Gasteiger partial charge < -0.3 is 15.0 Å². The van der Waals surface area contributed by atoms with Crippen LogP contribution in [0.25, 0.3) is 0 Å². The SMILES string of the molecule is CCN(CC)CCOC(=S)NC1CCS(=O)(=O)C1. The molecular formula is C11H22N2O3S2. The molecule has 0 aromatic heterocycles. The highest BCUT2D eigenvalue weighted by Gasteiger charge is 2.28. The number of likely N-dealkylation sites (N-methyl/N-ethyl adjacent to an activating group) is 1. The molecular weight excluding hydrogens is 272 g/mol. The van der Waals surface area contributed by atoms with Crippen LogP contribution in [0.3, 0.4) is 0 Å². The molecule has 1 aliphatic heterocycles. The molecule has 1 fully saturated rings. The van der Waals surface area contributed by atoms with E-state index in [4.69, 9.17) is 17.0 Å². The largest absolute Gasteiger partial charge is 0.470 e. The molecule has 7 heteroatoms. The lowest BCUT2D eigenvalue weighted by atomic mass is 10.3. The summed E-state index contributed by atoms with van der Waals surface area (Å²) < 4.78 is 27.9. The minimum absolute atomic E-state index is 0.0871. The average Bonchev–Trinajstić information content (AvgIpc) is 2.64. The van der Waals surface area contributed by atoms with Gasteiger partial charge in [-0.15, -0.1) is 0 Å². The molecule has 0 amide bonds. The Labute approximate surface area is 115 Å². The van der Waals surface area contributed by atoms with Crippen LogP contribution >= 0.6 is 12.2 Å². The molecule has 1 N–H and O–H groups in total. The number of ether oxygens (including phenoxy) is 1. The first kappa shape index (κ1) is 15.7. The Morgan fingerprint density at radius 2 is 2.11 bits per heavy atom. The monoisotopic (exact) mass is 294 g/mol. The maximum Gasteiger partial charge on any atom is 0.256 e. The number of nitrogens with one attached hydrogen (secondary N) is 1. The quantitative estimate of drug-likeness (QED) is 0.716. The van der Waals surface area contributed by atoms with Crippen molar-refractivity contribution in [3.8, 4) is 0 Å². The van der Waals surface area contributed by atoms with Crippen LogP contribution in [0.1, 0.15) is 20.3 Å². The Balaban J connectivity index is 2.18. The van der Waals surface area contributed by atoms with Crippen LogP contribution in [0.4, 0.5) is 0 Å². The molecule has 0 aliphatic carbocycles. The molecule has 1 rings (SSSR count). The normalized spacial score (nSPS) is 22.1. The fraction of sp³-hybridized carbons (Fsp3) is 0.909. The summed E-state index contributed by atoms with van der Waals surface area (Å²) in [6, 6.07) is -0.0871. The van der Waals surface area contributed by atoms with Gasteiger partial charge in [-0.05, 0) is 31.7 Å². The standard InChI is InChI=1S/C11H22N2O3S2/c1-3-13(4-2)6-7-16-11(17)12-10-5-8-18(14,15)9-10/h10H,3-9H2,1-2H3,(H,12,17). The number of sulfone groups is 1. The van der Waals surface area contributed by atoms with Crippen molar-refractivity contribution in [1.29, 1.82) is 0 Å². The smallest absolute Gasteiger partial charge is 0.256 e. The maximum absolute atomic E-state index is 11.3. The van der Waals surface area contributed by atoms with E-state index in [1.807, 2.05) is 0 Å². The Morgan fingerprint density at radius 3 is 2.61 bits per heavy atom. The van der Waals surface area contributed by atoms with E-state index in [1.165, 1.54) is 0 Å². The molecule has 0 saturated carbocycles. The Kier molecular flexibility index (Phi) is 6.31. The minimum atomic E-state index is -2.87. The molecule has 1 aliphatic rings. The van der Waals surface area contributed by atoms with Crippen molar-refractivity contribution in [1.82, 2.24) is 10.2 Å². The first-order valence-corrected chi connectivity index (χ1v) is 8.56. The Morgan fingerprint density at radius 1 is 1.44 bits per heavy atom. The molecule has 18 heavy (non-hydrogen) atoms. The lowest BCUT2D eigenvalue weighted by Gasteiger charge is -2.19. The third-order valence-electron chi connectivity index (χ3n) is 3.09. The maximum atomic E-state index is 11.3. The van der Waals surface area contributed by atoms with Crippen LogP contribution < -0.4 is 5.32 Å². The van der Waals surface area contributed by atoms with E-state index in [1.54, 1.807) is 0 Å². The highest BCUT2D eigenvalue weighted by molar-refractivity contribution is 7.91. The van der Waals surface area contributed by atoms with Gasteiger partial charge in [-0.3, -0.25) is 0 Å². The van der Waals surface area contributed by atoms with E-state index in [-0.39, 0.29) is 17.5 Å². The fourth-order valence-corrected chi connectivity index (χ4v) is 3.85. The van der Waals surface area contributed by atoms with E-state index in [9.17, 15) is 8.42 Å². The molecule has 106 valence electrons. The second kappa shape index (κ2) is 7.25. The summed E-state index contributed by atoms with van der Waals surface area (Å²) in [5.41, 5.74) is 0. The third-order valence-corrected chi connectivity index (χ3v) is 5.09. The zero-order valence-corrected chi connectivity index (χ0v) is 12.6. The highest BCUT2D eigenvalue weighted by atomic mass is 32.2. The number of nitrogens with zero attached hydrogens (tertiary/aromatic N) is 1. The van der Waals surface area contributed by atoms with Crippen LogP contribution in [0.2, 0.25) is 0 Å². The van der Waals surface area contributed by atoms with E-state index < -0.39 is 9.84 Å². The number of hydrogen-bond donors (Lipinski definition) is 1. The van der Waals surface area contributed by atoms with Crippen molar-refractivity contribution < 1.29 is 13.2 Å². The molecule has 1 saturated heterocycles. The van der Waals surface area contributed by atoms with E-state index in [0.29, 0.717) is 18.2 Å². The molecule has 0 aromatic carbocycles. The number of hydrogen-bond acceptors (Lipinski definition) is 5. The summed E-state index contributed by atoms with van der Waals surface area (Å²) in [5, 5.41) is 3.27. The molecule has 1 atom stereocenters. The van der Waals surface area contributed by atoms with Crippen molar-refractivity contribution in [3.05, 3.63) is 0 Å². The van der Waals surface area contributed by atoms with E-state index in [2.05, 4.69) is 24.1 Å². The Hall–Kier alpha value is -0.400. The lowest BCUT2D eigenvalue weighted by Crippen LogP contribution is -2.37. The van der Waals surface area contributed by atoms with Gasteiger partial charge in [0.05, 0.1) is 11.5 Å². The van der Waals surface area contributed by atoms with Crippen molar-refractivity contribution in [2.75, 3.05) is 37.7 Å². The van der Waals surface area contributed by atoms with Gasteiger partial charge in [-0.1, -0.05) is 13.8 Å². The van der Waals surface area contributed by atoms with Gasteiger partial charge in [0.2, 0.25) is 0 Å². The van der Waals surface area contributed by atoms with E-state index in [0.717, 1.165) is 19.6 Å². The Bertz CT molecular complexity index is 366. The zero-order chi connectivity index (χ0) is 13.6. The molecule has 0 bridgehead atoms. The van der Waals surface area contributed by atoms with Crippen molar-refractivity contribution >= 4 is 27.2 Å². The van der Waals surface area contributed by atoms with Gasteiger partial charge in [0, 0.05) is 12.6 Å². The summed E-state index contributed by atoms with van der Waals surface area (Å²) in [6.45, 7) is 7.54. The molecule has 0 radical (unpaired) electrons. The second-order valence-electron chi connectivity index (χ2n) is 4.41. The summed E-state index contributed by atoms with van der Waals surface area (Å²) >= 11 is 5.04. The lowest BCUT2D eigenvalue weighted by molar-refractivity contribution is 0.212. The first-order chi connectivity index (χ1) is 8.46. The van der Waals surface area contributed by atoms with Gasteiger partial charge in [0.1, 0.15) is 6.61 Å². The van der Waals surface area contributed by atoms with Crippen molar-refractivity contribution in [3.63, 3.8) is 0 Å². The minimum Gasteiger partial charge on any atom is -0.470 e. The first-order valence-electron chi connectivity index (χ1n) is 6.33. The topological polar surface area (TPSA) is 58.6 Å². The highest BCUT2D eigenvalue weighted by Crippen LogP contribution is 2.11. The van der Waals surface area contributed by atoms with Gasteiger partial charge in [-0.2, -0.15) is 0 Å². The summed E-state index contributed by atoms with van der Waals surface area (Å²) in [6.07, 6.45) is 0.613. The van der Waals surface area contributed by atoms with Gasteiger partial charge in [0.15, 0.2) is 9.84 Å². The molecule has 0 aromatic rings. The molecule has 1 heterocycles. The van der Waals surface area contributed by atoms with Crippen LogP contribution in [0, 0.1) is 0 Å². The molecule has 5 nitrogen and oxygen atoms in total. The van der Waals surface area contributed by atoms with Gasteiger partial charge in [0.25, 0.3) is 5.17 Å². The fourth-order valence-electron chi connectivity index (χ4n) is 1.92. The van der Waals surface area contributed by atoms with Crippen LogP contribution in [0.15, 0.2) is 0 Å². The average molecular weight is 294 g/mol. The van der Waals surface area contributed by atoms with Crippen molar-refractivity contribution in [2.45, 2.75) is 26.3 Å². The number of rotatable bonds is 6. The predicted molar refractivity (Wildman–Crippen MR) is 76.5 cm³/mol. The van der Waals surface area contributed by atoms with E-state index >= 15 is 0 Å². The van der Waals surface area contributed by atoms with Crippen LogP contribution in [0.5, 0.6) is 0 Å².